The second-order valence-corrected chi connectivity index (χ2v) is 4.63. The summed E-state index contributed by atoms with van der Waals surface area (Å²) in [5.74, 6) is 0.338. The Kier molecular flexibility index (Phi) is 3.61. The second-order valence-electron chi connectivity index (χ2n) is 3.71. The van der Waals surface area contributed by atoms with Crippen LogP contribution in [0.15, 0.2) is 22.7 Å². The SMILES string of the molecule is Oc1ccc(Br)cc1CNC1CCOC1. The average molecular weight is 272 g/mol. The van der Waals surface area contributed by atoms with Gasteiger partial charge in [-0.15, -0.1) is 0 Å². The number of nitrogens with one attached hydrogen (secondary N) is 1. The number of rotatable bonds is 3. The molecule has 0 bridgehead atoms. The van der Waals surface area contributed by atoms with Crippen molar-refractivity contribution in [2.45, 2.75) is 19.0 Å². The predicted octanol–water partition coefficient (Wildman–Crippen LogP) is 2.03. The van der Waals surface area contributed by atoms with Gasteiger partial charge in [-0.05, 0) is 24.6 Å². The lowest BCUT2D eigenvalue weighted by Gasteiger charge is -2.11. The highest BCUT2D eigenvalue weighted by Gasteiger charge is 2.15. The molecule has 82 valence electrons. The van der Waals surface area contributed by atoms with Gasteiger partial charge in [0.15, 0.2) is 0 Å². The molecule has 1 aliphatic rings. The first kappa shape index (κ1) is 10.9. The van der Waals surface area contributed by atoms with Gasteiger partial charge in [0, 0.05) is 29.2 Å². The molecule has 2 rings (SSSR count). The second kappa shape index (κ2) is 4.96. The van der Waals surface area contributed by atoms with E-state index in [1.807, 2.05) is 12.1 Å². The summed E-state index contributed by atoms with van der Waals surface area (Å²) in [5.41, 5.74) is 0.913. The minimum Gasteiger partial charge on any atom is -0.508 e. The minimum atomic E-state index is 0.338. The van der Waals surface area contributed by atoms with E-state index in [4.69, 9.17) is 4.74 Å². The first-order chi connectivity index (χ1) is 7.25. The van der Waals surface area contributed by atoms with Gasteiger partial charge in [-0.25, -0.2) is 0 Å². The molecular formula is C11H14BrNO2. The van der Waals surface area contributed by atoms with Crippen molar-refractivity contribution in [1.82, 2.24) is 5.32 Å². The molecule has 1 heterocycles. The number of hydrogen-bond donors (Lipinski definition) is 2. The van der Waals surface area contributed by atoms with Crippen LogP contribution in [-0.2, 0) is 11.3 Å². The van der Waals surface area contributed by atoms with Crippen molar-refractivity contribution < 1.29 is 9.84 Å². The predicted molar refractivity (Wildman–Crippen MR) is 61.9 cm³/mol. The Hall–Kier alpha value is -0.580. The van der Waals surface area contributed by atoms with Crippen LogP contribution in [0.1, 0.15) is 12.0 Å². The molecule has 15 heavy (non-hydrogen) atoms. The first-order valence-electron chi connectivity index (χ1n) is 5.04. The number of ether oxygens (including phenoxy) is 1. The van der Waals surface area contributed by atoms with E-state index in [-0.39, 0.29) is 0 Å². The van der Waals surface area contributed by atoms with E-state index in [0.29, 0.717) is 18.3 Å². The van der Waals surface area contributed by atoms with Gasteiger partial charge in [0.05, 0.1) is 6.61 Å². The van der Waals surface area contributed by atoms with Crippen molar-refractivity contribution in [3.8, 4) is 5.75 Å². The van der Waals surface area contributed by atoms with E-state index in [1.165, 1.54) is 0 Å². The number of hydrogen-bond acceptors (Lipinski definition) is 3. The Labute approximate surface area is 97.6 Å². The van der Waals surface area contributed by atoms with Gasteiger partial charge in [0.1, 0.15) is 5.75 Å². The normalized spacial score (nSPS) is 20.7. The zero-order chi connectivity index (χ0) is 10.7. The van der Waals surface area contributed by atoms with Crippen LogP contribution in [0.25, 0.3) is 0 Å². The summed E-state index contributed by atoms with van der Waals surface area (Å²) in [6, 6.07) is 5.88. The number of benzene rings is 1. The van der Waals surface area contributed by atoms with E-state index in [2.05, 4.69) is 21.2 Å². The summed E-state index contributed by atoms with van der Waals surface area (Å²) < 4.78 is 6.25. The van der Waals surface area contributed by atoms with E-state index < -0.39 is 0 Å². The molecule has 0 aliphatic carbocycles. The van der Waals surface area contributed by atoms with E-state index in [9.17, 15) is 5.11 Å². The first-order valence-corrected chi connectivity index (χ1v) is 5.83. The molecule has 1 aliphatic heterocycles. The van der Waals surface area contributed by atoms with Gasteiger partial charge in [0.2, 0.25) is 0 Å². The number of aromatic hydroxyl groups is 1. The van der Waals surface area contributed by atoms with Crippen LogP contribution in [0, 0.1) is 0 Å². The summed E-state index contributed by atoms with van der Waals surface area (Å²) in [7, 11) is 0. The van der Waals surface area contributed by atoms with Crippen LogP contribution in [0.2, 0.25) is 0 Å². The monoisotopic (exact) mass is 271 g/mol. The van der Waals surface area contributed by atoms with Crippen LogP contribution in [0.5, 0.6) is 5.75 Å². The number of phenols is 1. The highest BCUT2D eigenvalue weighted by Crippen LogP contribution is 2.21. The molecule has 2 N–H and O–H groups in total. The van der Waals surface area contributed by atoms with Gasteiger partial charge in [-0.3, -0.25) is 0 Å². The van der Waals surface area contributed by atoms with Crippen LogP contribution in [0.4, 0.5) is 0 Å². The fourth-order valence-corrected chi connectivity index (χ4v) is 2.05. The van der Waals surface area contributed by atoms with Crippen molar-refractivity contribution in [3.05, 3.63) is 28.2 Å². The van der Waals surface area contributed by atoms with Crippen molar-refractivity contribution >= 4 is 15.9 Å². The number of phenolic OH excluding ortho intramolecular Hbond substituents is 1. The van der Waals surface area contributed by atoms with E-state index >= 15 is 0 Å². The third kappa shape index (κ3) is 2.93. The molecule has 0 amide bonds. The Morgan fingerprint density at radius 2 is 2.40 bits per heavy atom. The van der Waals surface area contributed by atoms with Crippen LogP contribution in [0.3, 0.4) is 0 Å². The molecule has 0 radical (unpaired) electrons. The fourth-order valence-electron chi connectivity index (χ4n) is 1.65. The molecule has 0 spiro atoms. The Bertz CT molecular complexity index is 337. The lowest BCUT2D eigenvalue weighted by molar-refractivity contribution is 0.189. The maximum atomic E-state index is 9.62. The largest absolute Gasteiger partial charge is 0.508 e. The van der Waals surface area contributed by atoms with Crippen molar-refractivity contribution in [2.75, 3.05) is 13.2 Å². The molecule has 1 aromatic rings. The summed E-state index contributed by atoms with van der Waals surface area (Å²) in [5, 5.41) is 13.0. The van der Waals surface area contributed by atoms with Gasteiger partial charge in [-0.2, -0.15) is 0 Å². The van der Waals surface area contributed by atoms with Crippen LogP contribution in [-0.4, -0.2) is 24.4 Å². The topological polar surface area (TPSA) is 41.5 Å². The zero-order valence-corrected chi connectivity index (χ0v) is 9.96. The highest BCUT2D eigenvalue weighted by molar-refractivity contribution is 9.10. The van der Waals surface area contributed by atoms with E-state index in [1.54, 1.807) is 6.07 Å². The molecule has 0 saturated carbocycles. The highest BCUT2D eigenvalue weighted by atomic mass is 79.9. The minimum absolute atomic E-state index is 0.338. The van der Waals surface area contributed by atoms with Gasteiger partial charge in [-0.1, -0.05) is 15.9 Å². The van der Waals surface area contributed by atoms with Crippen molar-refractivity contribution in [1.29, 1.82) is 0 Å². The van der Waals surface area contributed by atoms with Crippen molar-refractivity contribution in [3.63, 3.8) is 0 Å². The van der Waals surface area contributed by atoms with Gasteiger partial charge >= 0.3 is 0 Å². The molecule has 1 saturated heterocycles. The Morgan fingerprint density at radius 3 is 3.13 bits per heavy atom. The fraction of sp³-hybridized carbons (Fsp3) is 0.455. The van der Waals surface area contributed by atoms with Crippen LogP contribution < -0.4 is 5.32 Å². The quantitative estimate of drug-likeness (QED) is 0.884. The molecule has 1 unspecified atom stereocenters. The molecule has 0 aromatic heterocycles. The van der Waals surface area contributed by atoms with E-state index in [0.717, 1.165) is 29.7 Å². The maximum Gasteiger partial charge on any atom is 0.120 e. The smallest absolute Gasteiger partial charge is 0.120 e. The lowest BCUT2D eigenvalue weighted by Crippen LogP contribution is -2.28. The zero-order valence-electron chi connectivity index (χ0n) is 8.37. The average Bonchev–Trinajstić information content (AvgIpc) is 2.72. The third-order valence-electron chi connectivity index (χ3n) is 2.55. The summed E-state index contributed by atoms with van der Waals surface area (Å²) >= 11 is 3.39. The molecule has 1 fully saturated rings. The summed E-state index contributed by atoms with van der Waals surface area (Å²) in [4.78, 5) is 0. The van der Waals surface area contributed by atoms with Gasteiger partial charge in [0.25, 0.3) is 0 Å². The van der Waals surface area contributed by atoms with Gasteiger partial charge < -0.3 is 15.2 Å². The third-order valence-corrected chi connectivity index (χ3v) is 3.05. The maximum absolute atomic E-state index is 9.62. The molecule has 4 heteroatoms. The van der Waals surface area contributed by atoms with Crippen LogP contribution >= 0.6 is 15.9 Å². The summed E-state index contributed by atoms with van der Waals surface area (Å²) in [6.07, 6.45) is 1.05. The molecule has 3 nitrogen and oxygen atoms in total. The summed E-state index contributed by atoms with van der Waals surface area (Å²) in [6.45, 7) is 2.29. The Morgan fingerprint density at radius 1 is 1.53 bits per heavy atom. The standard InChI is InChI=1S/C11H14BrNO2/c12-9-1-2-11(14)8(5-9)6-13-10-3-4-15-7-10/h1-2,5,10,13-14H,3-4,6-7H2. The molecule has 1 aromatic carbocycles. The molecule has 1 atom stereocenters. The lowest BCUT2D eigenvalue weighted by atomic mass is 10.2. The Balaban J connectivity index is 1.94. The van der Waals surface area contributed by atoms with Crippen molar-refractivity contribution in [2.24, 2.45) is 0 Å². The number of halogens is 1. The molecular weight excluding hydrogens is 258 g/mol.